The molecule has 4 nitrogen and oxygen atoms in total. The van der Waals surface area contributed by atoms with Gasteiger partial charge in [-0.3, -0.25) is 0 Å². The van der Waals surface area contributed by atoms with E-state index >= 15 is 0 Å². The molecule has 0 saturated carbocycles. The van der Waals surface area contributed by atoms with Gasteiger partial charge in [0.25, 0.3) is 0 Å². The van der Waals surface area contributed by atoms with Gasteiger partial charge in [-0.15, -0.1) is 0 Å². The summed E-state index contributed by atoms with van der Waals surface area (Å²) >= 11 is 2.96. The second kappa shape index (κ2) is 3.46. The topological polar surface area (TPSA) is 81.3 Å². The number of aromatic hydroxyl groups is 1. The number of hydrogen-bond acceptors (Lipinski definition) is 3. The van der Waals surface area contributed by atoms with E-state index in [1.165, 1.54) is 6.07 Å². The van der Waals surface area contributed by atoms with E-state index in [4.69, 9.17) is 15.5 Å². The molecule has 0 heterocycles. The van der Waals surface area contributed by atoms with Crippen LogP contribution in [-0.4, -0.2) is 16.2 Å². The van der Waals surface area contributed by atoms with E-state index in [2.05, 4.69) is 15.9 Å². The molecule has 2 N–H and O–H groups in total. The summed E-state index contributed by atoms with van der Waals surface area (Å²) in [7, 11) is 0. The van der Waals surface area contributed by atoms with Crippen molar-refractivity contribution in [2.75, 3.05) is 0 Å². The average Bonchev–Trinajstić information content (AvgIpc) is 2.03. The lowest BCUT2D eigenvalue weighted by molar-refractivity contribution is 0.0696. The number of halogens is 1. The van der Waals surface area contributed by atoms with Crippen LogP contribution in [0.25, 0.3) is 0 Å². The van der Waals surface area contributed by atoms with Crippen molar-refractivity contribution in [1.29, 1.82) is 5.26 Å². The summed E-state index contributed by atoms with van der Waals surface area (Å²) in [4.78, 5) is 10.6. The number of carboxylic acid groups (broad SMARTS) is 1. The Hall–Kier alpha value is -1.54. The van der Waals surface area contributed by atoms with E-state index in [-0.39, 0.29) is 21.3 Å². The lowest BCUT2D eigenvalue weighted by Gasteiger charge is -2.01. The highest BCUT2D eigenvalue weighted by Crippen LogP contribution is 2.26. The second-order valence-electron chi connectivity index (χ2n) is 2.27. The van der Waals surface area contributed by atoms with Gasteiger partial charge < -0.3 is 10.2 Å². The number of hydrogen-bond donors (Lipinski definition) is 2. The maximum atomic E-state index is 10.6. The van der Waals surface area contributed by atoms with Crippen LogP contribution in [-0.2, 0) is 0 Å². The van der Waals surface area contributed by atoms with Gasteiger partial charge in [-0.1, -0.05) is 0 Å². The molecule has 0 amide bonds. The van der Waals surface area contributed by atoms with Gasteiger partial charge >= 0.3 is 5.97 Å². The summed E-state index contributed by atoms with van der Waals surface area (Å²) in [6.07, 6.45) is 0. The lowest BCUT2D eigenvalue weighted by atomic mass is 10.1. The number of nitriles is 1. The molecule has 0 saturated heterocycles. The summed E-state index contributed by atoms with van der Waals surface area (Å²) in [5.74, 6) is -1.39. The highest BCUT2D eigenvalue weighted by molar-refractivity contribution is 9.10. The van der Waals surface area contributed by atoms with Crippen molar-refractivity contribution in [3.63, 3.8) is 0 Å². The van der Waals surface area contributed by atoms with Crippen LogP contribution in [0.5, 0.6) is 5.75 Å². The monoisotopic (exact) mass is 241 g/mol. The van der Waals surface area contributed by atoms with E-state index in [0.29, 0.717) is 0 Å². The standard InChI is InChI=1S/C8H4BrNO3/c9-6-2-7(11)4(3-10)1-5(6)8(12)13/h1-2,11H,(H,12,13). The molecule has 1 aromatic carbocycles. The molecule has 0 bridgehead atoms. The molecule has 0 radical (unpaired) electrons. The zero-order valence-corrected chi connectivity index (χ0v) is 7.87. The third-order valence-electron chi connectivity index (χ3n) is 1.44. The molecule has 13 heavy (non-hydrogen) atoms. The molecule has 0 aliphatic rings. The van der Waals surface area contributed by atoms with E-state index in [1.807, 2.05) is 0 Å². The minimum atomic E-state index is -1.15. The molecule has 0 aliphatic heterocycles. The molecule has 1 rings (SSSR count). The Labute approximate surface area is 82.2 Å². The van der Waals surface area contributed by atoms with E-state index in [0.717, 1.165) is 6.07 Å². The fraction of sp³-hybridized carbons (Fsp3) is 0. The Morgan fingerprint density at radius 3 is 2.62 bits per heavy atom. The first-order valence-electron chi connectivity index (χ1n) is 3.22. The van der Waals surface area contributed by atoms with Crippen molar-refractivity contribution in [2.45, 2.75) is 0 Å². The van der Waals surface area contributed by atoms with Crippen LogP contribution in [0.4, 0.5) is 0 Å². The number of aromatic carboxylic acids is 1. The molecule has 66 valence electrons. The summed E-state index contributed by atoms with van der Waals surface area (Å²) in [5.41, 5.74) is -0.102. The van der Waals surface area contributed by atoms with Crippen molar-refractivity contribution < 1.29 is 15.0 Å². The van der Waals surface area contributed by atoms with Gasteiger partial charge in [0.2, 0.25) is 0 Å². The molecule has 0 spiro atoms. The van der Waals surface area contributed by atoms with Crippen LogP contribution in [0.1, 0.15) is 15.9 Å². The molecule has 0 aromatic heterocycles. The van der Waals surface area contributed by atoms with Crippen LogP contribution in [0, 0.1) is 11.3 Å². The van der Waals surface area contributed by atoms with Crippen LogP contribution in [0.15, 0.2) is 16.6 Å². The normalized spacial score (nSPS) is 9.23. The summed E-state index contributed by atoms with van der Waals surface area (Å²) < 4.78 is 0.247. The summed E-state index contributed by atoms with van der Waals surface area (Å²) in [6.45, 7) is 0. The van der Waals surface area contributed by atoms with Crippen molar-refractivity contribution in [2.24, 2.45) is 0 Å². The molecule has 1 aromatic rings. The molecule has 5 heteroatoms. The number of rotatable bonds is 1. The van der Waals surface area contributed by atoms with Crippen molar-refractivity contribution in [3.8, 4) is 11.8 Å². The van der Waals surface area contributed by atoms with Crippen LogP contribution in [0.2, 0.25) is 0 Å². The second-order valence-corrected chi connectivity index (χ2v) is 3.12. The summed E-state index contributed by atoms with van der Waals surface area (Å²) in [6, 6.07) is 3.98. The van der Waals surface area contributed by atoms with Gasteiger partial charge in [-0.2, -0.15) is 5.26 Å². The predicted octanol–water partition coefficient (Wildman–Crippen LogP) is 1.72. The lowest BCUT2D eigenvalue weighted by Crippen LogP contribution is -1.98. The Balaban J connectivity index is 3.41. The zero-order valence-electron chi connectivity index (χ0n) is 6.28. The quantitative estimate of drug-likeness (QED) is 0.785. The highest BCUT2D eigenvalue weighted by atomic mass is 79.9. The Morgan fingerprint density at radius 2 is 2.15 bits per heavy atom. The molecular weight excluding hydrogens is 238 g/mol. The van der Waals surface area contributed by atoms with E-state index < -0.39 is 5.97 Å². The minimum absolute atomic E-state index is 0.0469. The number of carbonyl (C=O) groups is 1. The number of benzene rings is 1. The van der Waals surface area contributed by atoms with Gasteiger partial charge in [0.05, 0.1) is 11.1 Å². The van der Waals surface area contributed by atoms with Gasteiger partial charge in [0, 0.05) is 4.47 Å². The largest absolute Gasteiger partial charge is 0.507 e. The summed E-state index contributed by atoms with van der Waals surface area (Å²) in [5, 5.41) is 26.3. The highest BCUT2D eigenvalue weighted by Gasteiger charge is 2.12. The molecule has 0 aliphatic carbocycles. The number of phenolic OH excluding ortho intramolecular Hbond substituents is 1. The van der Waals surface area contributed by atoms with Crippen LogP contribution in [0.3, 0.4) is 0 Å². The van der Waals surface area contributed by atoms with Gasteiger partial charge in [0.1, 0.15) is 11.8 Å². The fourth-order valence-corrected chi connectivity index (χ4v) is 1.32. The third kappa shape index (κ3) is 1.79. The third-order valence-corrected chi connectivity index (χ3v) is 2.09. The van der Waals surface area contributed by atoms with E-state index in [9.17, 15) is 4.79 Å². The first-order valence-corrected chi connectivity index (χ1v) is 4.01. The number of carboxylic acids is 1. The Kier molecular flexibility index (Phi) is 2.54. The fourth-order valence-electron chi connectivity index (χ4n) is 0.816. The Bertz CT molecular complexity index is 409. The van der Waals surface area contributed by atoms with Crippen LogP contribution >= 0.6 is 15.9 Å². The maximum Gasteiger partial charge on any atom is 0.336 e. The Morgan fingerprint density at radius 1 is 1.54 bits per heavy atom. The zero-order chi connectivity index (χ0) is 10.0. The van der Waals surface area contributed by atoms with Gasteiger partial charge in [-0.25, -0.2) is 4.79 Å². The van der Waals surface area contributed by atoms with Crippen molar-refractivity contribution in [3.05, 3.63) is 27.7 Å². The van der Waals surface area contributed by atoms with Gasteiger partial charge in [0.15, 0.2) is 0 Å². The maximum absolute atomic E-state index is 10.6. The first kappa shape index (κ1) is 9.55. The van der Waals surface area contributed by atoms with E-state index in [1.54, 1.807) is 6.07 Å². The molecule has 0 fully saturated rings. The number of nitrogens with zero attached hydrogens (tertiary/aromatic N) is 1. The average molecular weight is 242 g/mol. The predicted molar refractivity (Wildman–Crippen MR) is 47.5 cm³/mol. The SMILES string of the molecule is N#Cc1cc(C(=O)O)c(Br)cc1O. The smallest absolute Gasteiger partial charge is 0.336 e. The number of phenols is 1. The van der Waals surface area contributed by atoms with Crippen molar-refractivity contribution in [1.82, 2.24) is 0 Å². The van der Waals surface area contributed by atoms with Crippen molar-refractivity contribution >= 4 is 21.9 Å². The van der Waals surface area contributed by atoms with Crippen LogP contribution < -0.4 is 0 Å². The first-order chi connectivity index (χ1) is 6.06. The van der Waals surface area contributed by atoms with Gasteiger partial charge in [-0.05, 0) is 28.1 Å². The molecule has 0 unspecified atom stereocenters. The molecule has 0 atom stereocenters. The molecular formula is C8H4BrNO3. The minimum Gasteiger partial charge on any atom is -0.507 e.